The van der Waals surface area contributed by atoms with E-state index >= 15 is 0 Å². The van der Waals surface area contributed by atoms with Gasteiger partial charge in [0.2, 0.25) is 0 Å². The molecule has 0 radical (unpaired) electrons. The van der Waals surface area contributed by atoms with E-state index in [1.165, 1.54) is 10.5 Å². The van der Waals surface area contributed by atoms with Crippen molar-refractivity contribution in [3.8, 4) is 0 Å². The Bertz CT molecular complexity index is 552. The third kappa shape index (κ3) is 2.40. The highest BCUT2D eigenvalue weighted by molar-refractivity contribution is 7.91. The third-order valence-electron chi connectivity index (χ3n) is 2.93. The Hall–Kier alpha value is -0.990. The molecule has 0 bridgehead atoms. The quantitative estimate of drug-likeness (QED) is 0.886. The molecule has 1 unspecified atom stereocenters. The molecule has 0 aliphatic carbocycles. The number of aliphatic carboxylic acids is 1. The first-order valence-corrected chi connectivity index (χ1v) is 7.88. The molecule has 100 valence electrons. The normalized spacial score (nSPS) is 21.3. The van der Waals surface area contributed by atoms with Crippen molar-refractivity contribution < 1.29 is 18.3 Å². The summed E-state index contributed by atoms with van der Waals surface area (Å²) in [6.45, 7) is 2.22. The van der Waals surface area contributed by atoms with Crippen molar-refractivity contribution in [2.45, 2.75) is 24.0 Å². The van der Waals surface area contributed by atoms with Gasteiger partial charge in [0.15, 0.2) is 4.21 Å². The molecule has 2 rings (SSSR count). The summed E-state index contributed by atoms with van der Waals surface area (Å²) in [5, 5.41) is 9.64. The fourth-order valence-electron chi connectivity index (χ4n) is 1.85. The zero-order valence-electron chi connectivity index (χ0n) is 9.87. The van der Waals surface area contributed by atoms with Gasteiger partial charge in [-0.3, -0.25) is 4.79 Å². The van der Waals surface area contributed by atoms with Crippen molar-refractivity contribution in [1.82, 2.24) is 9.29 Å². The number of aromatic nitrogens is 1. The van der Waals surface area contributed by atoms with Crippen LogP contribution in [0.2, 0.25) is 0 Å². The van der Waals surface area contributed by atoms with Gasteiger partial charge in [-0.2, -0.15) is 4.31 Å². The van der Waals surface area contributed by atoms with Crippen LogP contribution in [-0.2, 0) is 21.2 Å². The maximum atomic E-state index is 12.2. The predicted octanol–water partition coefficient (Wildman–Crippen LogP) is 0.801. The van der Waals surface area contributed by atoms with Gasteiger partial charge in [0.25, 0.3) is 10.0 Å². The zero-order valence-corrected chi connectivity index (χ0v) is 11.5. The van der Waals surface area contributed by atoms with Crippen LogP contribution in [0.15, 0.2) is 10.4 Å². The van der Waals surface area contributed by atoms with Crippen molar-refractivity contribution in [2.75, 3.05) is 13.1 Å². The first kappa shape index (κ1) is 13.4. The summed E-state index contributed by atoms with van der Waals surface area (Å²) in [5.41, 5.74) is 0. The molecule has 1 aromatic rings. The average Bonchev–Trinajstić information content (AvgIpc) is 2.98. The van der Waals surface area contributed by atoms with Gasteiger partial charge in [-0.15, -0.1) is 11.3 Å². The van der Waals surface area contributed by atoms with Gasteiger partial charge in [-0.1, -0.05) is 6.92 Å². The predicted molar refractivity (Wildman–Crippen MR) is 66.0 cm³/mol. The van der Waals surface area contributed by atoms with Crippen LogP contribution in [0, 0.1) is 5.92 Å². The second-order valence-corrected chi connectivity index (χ2v) is 7.39. The molecule has 1 aliphatic heterocycles. The van der Waals surface area contributed by atoms with E-state index in [2.05, 4.69) is 4.98 Å². The van der Waals surface area contributed by atoms with Crippen molar-refractivity contribution in [3.63, 3.8) is 0 Å². The Balaban J connectivity index is 2.20. The molecule has 1 N–H and O–H groups in total. The van der Waals surface area contributed by atoms with Gasteiger partial charge < -0.3 is 5.11 Å². The van der Waals surface area contributed by atoms with Crippen LogP contribution in [-0.4, -0.2) is 41.9 Å². The van der Waals surface area contributed by atoms with E-state index in [4.69, 9.17) is 5.11 Å². The maximum Gasteiger partial charge on any atom is 0.307 e. The molecule has 1 aromatic heterocycles. The molecule has 0 saturated carbocycles. The molecule has 1 fully saturated rings. The van der Waals surface area contributed by atoms with Crippen LogP contribution in [0.1, 0.15) is 18.4 Å². The molecular formula is C10H14N2O4S2. The number of carbonyl (C=O) groups is 1. The van der Waals surface area contributed by atoms with Gasteiger partial charge >= 0.3 is 5.97 Å². The lowest BCUT2D eigenvalue weighted by Crippen LogP contribution is -2.29. The topological polar surface area (TPSA) is 87.6 Å². The minimum atomic E-state index is -3.57. The Labute approximate surface area is 109 Å². The van der Waals surface area contributed by atoms with E-state index in [9.17, 15) is 13.2 Å². The Morgan fingerprint density at radius 2 is 2.39 bits per heavy atom. The van der Waals surface area contributed by atoms with Crippen LogP contribution >= 0.6 is 11.3 Å². The second kappa shape index (κ2) is 4.94. The molecule has 1 saturated heterocycles. The molecule has 0 spiro atoms. The molecule has 18 heavy (non-hydrogen) atoms. The second-order valence-electron chi connectivity index (χ2n) is 4.11. The number of thiazole rings is 1. The lowest BCUT2D eigenvalue weighted by atomic mass is 10.1. The number of carboxylic acids is 1. The van der Waals surface area contributed by atoms with Crippen molar-refractivity contribution >= 4 is 27.3 Å². The Morgan fingerprint density at radius 1 is 1.67 bits per heavy atom. The first-order valence-electron chi connectivity index (χ1n) is 5.62. The number of hydrogen-bond donors (Lipinski definition) is 1. The van der Waals surface area contributed by atoms with E-state index in [1.54, 1.807) is 0 Å². The number of rotatable bonds is 4. The largest absolute Gasteiger partial charge is 0.481 e. The van der Waals surface area contributed by atoms with E-state index in [1.807, 2.05) is 6.92 Å². The van der Waals surface area contributed by atoms with E-state index in [0.29, 0.717) is 12.8 Å². The summed E-state index contributed by atoms with van der Waals surface area (Å²) in [6.07, 6.45) is 2.42. The fourth-order valence-corrected chi connectivity index (χ4v) is 4.63. The number of hydrogen-bond acceptors (Lipinski definition) is 5. The number of sulfonamides is 1. The van der Waals surface area contributed by atoms with Crippen molar-refractivity contribution in [1.29, 1.82) is 0 Å². The minimum Gasteiger partial charge on any atom is -0.481 e. The van der Waals surface area contributed by atoms with Crippen LogP contribution in [0.4, 0.5) is 0 Å². The molecule has 2 heterocycles. The molecule has 8 heteroatoms. The van der Waals surface area contributed by atoms with Crippen LogP contribution < -0.4 is 0 Å². The van der Waals surface area contributed by atoms with Gasteiger partial charge in [0.05, 0.1) is 17.1 Å². The minimum absolute atomic E-state index is 0.0526. The first-order chi connectivity index (χ1) is 8.45. The standard InChI is InChI=1S/C10H14N2O4S2/c1-2-8-11-5-9(17-8)18(15,16)12-4-3-7(6-12)10(13)14/h5,7H,2-4,6H2,1H3,(H,13,14). The SMILES string of the molecule is CCc1ncc(S(=O)(=O)N2CCC(C(=O)O)C2)s1. The van der Waals surface area contributed by atoms with Gasteiger partial charge in [-0.05, 0) is 12.8 Å². The van der Waals surface area contributed by atoms with Crippen molar-refractivity contribution in [2.24, 2.45) is 5.92 Å². The van der Waals surface area contributed by atoms with Crippen molar-refractivity contribution in [3.05, 3.63) is 11.2 Å². The van der Waals surface area contributed by atoms with Crippen LogP contribution in [0.3, 0.4) is 0 Å². The monoisotopic (exact) mass is 290 g/mol. The highest BCUT2D eigenvalue weighted by atomic mass is 32.2. The number of aryl methyl sites for hydroxylation is 1. The number of nitrogens with zero attached hydrogens (tertiary/aromatic N) is 2. The summed E-state index contributed by atoms with van der Waals surface area (Å²) in [6, 6.07) is 0. The Morgan fingerprint density at radius 3 is 2.89 bits per heavy atom. The van der Waals surface area contributed by atoms with Gasteiger partial charge in [-0.25, -0.2) is 13.4 Å². The zero-order chi connectivity index (χ0) is 13.3. The molecule has 1 aliphatic rings. The Kier molecular flexibility index (Phi) is 3.69. The summed E-state index contributed by atoms with van der Waals surface area (Å²) < 4.78 is 25.9. The highest BCUT2D eigenvalue weighted by Crippen LogP contribution is 2.27. The molecule has 0 aromatic carbocycles. The lowest BCUT2D eigenvalue weighted by molar-refractivity contribution is -0.141. The lowest BCUT2D eigenvalue weighted by Gasteiger charge is -2.13. The van der Waals surface area contributed by atoms with Gasteiger partial charge in [0.1, 0.15) is 0 Å². The highest BCUT2D eigenvalue weighted by Gasteiger charge is 2.36. The van der Waals surface area contributed by atoms with E-state index < -0.39 is 21.9 Å². The summed E-state index contributed by atoms with van der Waals surface area (Å²) >= 11 is 1.15. The van der Waals surface area contributed by atoms with E-state index in [0.717, 1.165) is 16.3 Å². The summed E-state index contributed by atoms with van der Waals surface area (Å²) in [4.78, 5) is 14.9. The third-order valence-corrected chi connectivity index (χ3v) is 6.37. The summed E-state index contributed by atoms with van der Waals surface area (Å²) in [5.74, 6) is -1.54. The molecule has 1 atom stereocenters. The number of carboxylic acid groups (broad SMARTS) is 1. The maximum absolute atomic E-state index is 12.2. The summed E-state index contributed by atoms with van der Waals surface area (Å²) in [7, 11) is -3.57. The van der Waals surface area contributed by atoms with Crippen LogP contribution in [0.5, 0.6) is 0 Å². The van der Waals surface area contributed by atoms with Gasteiger partial charge in [0, 0.05) is 13.1 Å². The smallest absolute Gasteiger partial charge is 0.307 e. The average molecular weight is 290 g/mol. The van der Waals surface area contributed by atoms with Crippen LogP contribution in [0.25, 0.3) is 0 Å². The molecular weight excluding hydrogens is 276 g/mol. The molecule has 6 nitrogen and oxygen atoms in total. The van der Waals surface area contributed by atoms with E-state index in [-0.39, 0.29) is 17.3 Å². The molecule has 0 amide bonds. The fraction of sp³-hybridized carbons (Fsp3) is 0.600.